The van der Waals surface area contributed by atoms with Crippen LogP contribution in [-0.4, -0.2) is 38.4 Å². The first-order valence-corrected chi connectivity index (χ1v) is 14.7. The maximum absolute atomic E-state index is 14.8. The van der Waals surface area contributed by atoms with Gasteiger partial charge in [-0.15, -0.1) is 5.10 Å². The van der Waals surface area contributed by atoms with Crippen molar-refractivity contribution in [2.75, 3.05) is 17.2 Å². The van der Waals surface area contributed by atoms with E-state index in [1.54, 1.807) is 24.1 Å². The number of carbonyl (C=O) groups excluding carboxylic acids is 2. The first-order valence-electron chi connectivity index (χ1n) is 14.3. The van der Waals surface area contributed by atoms with Crippen LogP contribution in [0.3, 0.4) is 0 Å². The molecule has 2 bridgehead atoms. The van der Waals surface area contributed by atoms with Crippen LogP contribution in [0.5, 0.6) is 0 Å². The number of benzene rings is 2. The zero-order chi connectivity index (χ0) is 31.0. The van der Waals surface area contributed by atoms with E-state index in [2.05, 4.69) is 25.8 Å². The third-order valence-electron chi connectivity index (χ3n) is 7.99. The maximum atomic E-state index is 14.8. The molecule has 0 radical (unpaired) electrons. The number of hydrogen-bond acceptors (Lipinski definition) is 7. The van der Waals surface area contributed by atoms with Crippen LogP contribution < -0.4 is 10.6 Å². The Kier molecular flexibility index (Phi) is 8.13. The lowest BCUT2D eigenvalue weighted by atomic mass is 9.92. The quantitative estimate of drug-likeness (QED) is 0.232. The number of rotatable bonds is 4. The van der Waals surface area contributed by atoms with Crippen molar-refractivity contribution in [3.63, 3.8) is 0 Å². The predicted octanol–water partition coefficient (Wildman–Crippen LogP) is 7.23. The first kappa shape index (κ1) is 29.4. The molecule has 12 heteroatoms. The molecular weight excluding hydrogens is 590 g/mol. The maximum Gasteiger partial charge on any atom is 0.320 e. The van der Waals surface area contributed by atoms with Gasteiger partial charge >= 0.3 is 6.01 Å². The Bertz CT molecular complexity index is 1790. The van der Waals surface area contributed by atoms with Gasteiger partial charge in [-0.1, -0.05) is 36.1 Å². The predicted molar refractivity (Wildman–Crippen MR) is 162 cm³/mol. The van der Waals surface area contributed by atoms with E-state index in [9.17, 15) is 18.4 Å². The standard InChI is InChI=1S/C32H29ClF2N6O3/c1-17-4-3-5-27(41-13-11-20(15-28(41)42)29-24(34)9-8-23(33)30(29)35)26-14-19(10-12-36-26)22-7-6-21(16-25(22)38-31(17)43)37-32-40-39-18(2)44-32/h6-10,12,14-17,27H,3-5,11,13H2,1-2H3,(H,37,40)(H,38,43)/t17-,27+/m1/s1. The molecule has 44 heavy (non-hydrogen) atoms. The number of hydrogen-bond donors (Lipinski definition) is 2. The van der Waals surface area contributed by atoms with Gasteiger partial charge in [-0.2, -0.15) is 0 Å². The number of aromatic nitrogens is 3. The number of pyridine rings is 1. The lowest BCUT2D eigenvalue weighted by molar-refractivity contribution is -0.129. The molecule has 0 saturated heterocycles. The minimum absolute atomic E-state index is 0.129. The normalized spacial score (nSPS) is 18.9. The van der Waals surface area contributed by atoms with Crippen LogP contribution in [0, 0.1) is 24.5 Å². The van der Waals surface area contributed by atoms with Crippen LogP contribution in [0.4, 0.5) is 26.2 Å². The second kappa shape index (κ2) is 12.2. The monoisotopic (exact) mass is 618 g/mol. The Hall–Kier alpha value is -4.64. The molecule has 9 nitrogen and oxygen atoms in total. The molecule has 2 aliphatic rings. The summed E-state index contributed by atoms with van der Waals surface area (Å²) in [6.07, 6.45) is 4.99. The van der Waals surface area contributed by atoms with Crippen molar-refractivity contribution >= 4 is 46.4 Å². The number of aryl methyl sites for hydroxylation is 1. The number of nitrogens with zero attached hydrogens (tertiary/aromatic N) is 4. The number of halogens is 3. The second-order valence-corrected chi connectivity index (χ2v) is 11.4. The Balaban J connectivity index is 1.35. The van der Waals surface area contributed by atoms with Gasteiger partial charge in [0.25, 0.3) is 0 Å². The summed E-state index contributed by atoms with van der Waals surface area (Å²) in [5, 5.41) is 13.7. The van der Waals surface area contributed by atoms with Crippen molar-refractivity contribution < 1.29 is 22.8 Å². The molecule has 2 atom stereocenters. The van der Waals surface area contributed by atoms with E-state index < -0.39 is 17.7 Å². The first-order chi connectivity index (χ1) is 21.2. The molecule has 6 rings (SSSR count). The van der Waals surface area contributed by atoms with Crippen LogP contribution >= 0.6 is 11.6 Å². The highest BCUT2D eigenvalue weighted by Gasteiger charge is 2.31. The smallest absolute Gasteiger partial charge is 0.320 e. The summed E-state index contributed by atoms with van der Waals surface area (Å²) < 4.78 is 34.8. The fourth-order valence-electron chi connectivity index (χ4n) is 5.70. The molecule has 2 N–H and O–H groups in total. The lowest BCUT2D eigenvalue weighted by Crippen LogP contribution is -2.38. The summed E-state index contributed by atoms with van der Waals surface area (Å²) in [5.41, 5.74) is 3.47. The van der Waals surface area contributed by atoms with Crippen molar-refractivity contribution in [2.45, 2.75) is 45.6 Å². The summed E-state index contributed by atoms with van der Waals surface area (Å²) in [6.45, 7) is 3.80. The summed E-state index contributed by atoms with van der Waals surface area (Å²) in [7, 11) is 0. The molecule has 0 saturated carbocycles. The topological polar surface area (TPSA) is 113 Å². The second-order valence-electron chi connectivity index (χ2n) is 11.0. The van der Waals surface area contributed by atoms with Gasteiger partial charge in [0.15, 0.2) is 5.82 Å². The minimum Gasteiger partial charge on any atom is -0.408 e. The Labute approximate surface area is 257 Å². The van der Waals surface area contributed by atoms with Crippen LogP contribution in [-0.2, 0) is 9.59 Å². The van der Waals surface area contributed by atoms with Crippen molar-refractivity contribution in [2.24, 2.45) is 5.92 Å². The van der Waals surface area contributed by atoms with E-state index in [0.717, 1.165) is 23.3 Å². The lowest BCUT2D eigenvalue weighted by Gasteiger charge is -2.34. The van der Waals surface area contributed by atoms with E-state index in [4.69, 9.17) is 16.0 Å². The van der Waals surface area contributed by atoms with E-state index in [0.29, 0.717) is 42.2 Å². The fourth-order valence-corrected chi connectivity index (χ4v) is 5.85. The zero-order valence-corrected chi connectivity index (χ0v) is 24.8. The van der Waals surface area contributed by atoms with E-state index in [1.165, 1.54) is 6.08 Å². The minimum atomic E-state index is -0.879. The number of nitrogens with one attached hydrogen (secondary N) is 2. The number of anilines is 3. The molecule has 2 aromatic heterocycles. The van der Waals surface area contributed by atoms with E-state index in [1.807, 2.05) is 31.2 Å². The number of amides is 2. The molecule has 0 spiro atoms. The molecule has 2 aliphatic heterocycles. The van der Waals surface area contributed by atoms with Gasteiger partial charge < -0.3 is 20.0 Å². The Morgan fingerprint density at radius 1 is 1.09 bits per heavy atom. The molecule has 2 amide bonds. The average Bonchev–Trinajstić information content (AvgIpc) is 3.41. The van der Waals surface area contributed by atoms with E-state index in [-0.39, 0.29) is 52.9 Å². The molecule has 226 valence electrons. The van der Waals surface area contributed by atoms with Crippen LogP contribution in [0.1, 0.15) is 55.8 Å². The SMILES string of the molecule is Cc1nnc(Nc2ccc3c(c2)NC(=O)[C@H](C)CCC[C@H](N2CCC(c4c(F)ccc(Cl)c4F)=CC2=O)c2cc-3ccn2)o1. The van der Waals surface area contributed by atoms with Gasteiger partial charge in [-0.3, -0.25) is 14.6 Å². The highest BCUT2D eigenvalue weighted by molar-refractivity contribution is 6.31. The van der Waals surface area contributed by atoms with Gasteiger partial charge in [0.1, 0.15) is 5.82 Å². The van der Waals surface area contributed by atoms with Crippen LogP contribution in [0.15, 0.2) is 59.2 Å². The summed E-state index contributed by atoms with van der Waals surface area (Å²) in [5.74, 6) is -2.03. The Morgan fingerprint density at radius 2 is 1.93 bits per heavy atom. The molecule has 4 heterocycles. The fraction of sp³-hybridized carbons (Fsp3) is 0.281. The van der Waals surface area contributed by atoms with Crippen molar-refractivity contribution in [3.05, 3.63) is 88.5 Å². The van der Waals surface area contributed by atoms with Crippen molar-refractivity contribution in [3.8, 4) is 11.1 Å². The summed E-state index contributed by atoms with van der Waals surface area (Å²) in [4.78, 5) is 33.1. The van der Waals surface area contributed by atoms with Crippen molar-refractivity contribution in [1.29, 1.82) is 0 Å². The van der Waals surface area contributed by atoms with Crippen LogP contribution in [0.25, 0.3) is 16.7 Å². The Morgan fingerprint density at radius 3 is 2.70 bits per heavy atom. The highest BCUT2D eigenvalue weighted by atomic mass is 35.5. The summed E-state index contributed by atoms with van der Waals surface area (Å²) >= 11 is 5.91. The van der Waals surface area contributed by atoms with E-state index >= 15 is 0 Å². The van der Waals surface area contributed by atoms with Gasteiger partial charge in [-0.05, 0) is 66.8 Å². The third kappa shape index (κ3) is 5.92. The number of carbonyl (C=O) groups is 2. The molecule has 0 unspecified atom stereocenters. The zero-order valence-electron chi connectivity index (χ0n) is 24.0. The van der Waals surface area contributed by atoms with Gasteiger partial charge in [0.2, 0.25) is 17.7 Å². The van der Waals surface area contributed by atoms with Gasteiger partial charge in [0, 0.05) is 42.9 Å². The molecule has 4 aromatic rings. The van der Waals surface area contributed by atoms with Gasteiger partial charge in [0.05, 0.1) is 28.0 Å². The highest BCUT2D eigenvalue weighted by Crippen LogP contribution is 2.38. The number of fused-ring (bicyclic) bond motifs is 4. The molecular formula is C32H29ClF2N6O3. The van der Waals surface area contributed by atoms with Crippen molar-refractivity contribution in [1.82, 2.24) is 20.1 Å². The van der Waals surface area contributed by atoms with Gasteiger partial charge in [-0.25, -0.2) is 8.78 Å². The average molecular weight is 619 g/mol. The van der Waals surface area contributed by atoms with Crippen LogP contribution in [0.2, 0.25) is 5.02 Å². The third-order valence-corrected chi connectivity index (χ3v) is 8.29. The molecule has 0 aliphatic carbocycles. The molecule has 0 fully saturated rings. The largest absolute Gasteiger partial charge is 0.408 e. The summed E-state index contributed by atoms with van der Waals surface area (Å²) in [6, 6.07) is 11.4. The molecule has 2 aromatic carbocycles.